The van der Waals surface area contributed by atoms with E-state index in [0.717, 1.165) is 51.2 Å². The zero-order valence-electron chi connectivity index (χ0n) is 19.1. The number of ether oxygens (including phenoxy) is 1. The number of rotatable bonds is 11. The van der Waals surface area contributed by atoms with Crippen molar-refractivity contribution in [2.24, 2.45) is 0 Å². The fourth-order valence-corrected chi connectivity index (χ4v) is 5.73. The molecule has 0 saturated heterocycles. The molecule has 0 N–H and O–H groups in total. The second-order valence-corrected chi connectivity index (χ2v) is 10.0. The number of anilines is 1. The van der Waals surface area contributed by atoms with Crippen LogP contribution in [0.25, 0.3) is 10.2 Å². The number of carbonyl (C=O) groups is 1. The van der Waals surface area contributed by atoms with Gasteiger partial charge in [0, 0.05) is 35.2 Å². The summed E-state index contributed by atoms with van der Waals surface area (Å²) in [6.45, 7) is 9.65. The number of likely N-dealkylation sites (N-methyl/N-ethyl adjacent to an activating group) is 1. The molecule has 1 aromatic heterocycles. The van der Waals surface area contributed by atoms with Gasteiger partial charge in [-0.25, -0.2) is 4.98 Å². The number of thioether (sulfide) groups is 1. The first kappa shape index (κ1) is 24.8. The number of benzene rings is 2. The van der Waals surface area contributed by atoms with Crippen LogP contribution >= 0.6 is 34.7 Å². The number of aromatic nitrogens is 1. The quantitative estimate of drug-likeness (QED) is 0.302. The third-order valence-electron chi connectivity index (χ3n) is 5.35. The third kappa shape index (κ3) is 6.38. The van der Waals surface area contributed by atoms with Crippen LogP contribution in [-0.2, 0) is 4.79 Å². The second-order valence-electron chi connectivity index (χ2n) is 7.41. The molecule has 0 atom stereocenters. The van der Waals surface area contributed by atoms with Crippen LogP contribution in [0.1, 0.15) is 25.8 Å². The van der Waals surface area contributed by atoms with Gasteiger partial charge in [-0.1, -0.05) is 36.8 Å². The van der Waals surface area contributed by atoms with Gasteiger partial charge in [-0.15, -0.1) is 11.8 Å². The Bertz CT molecular complexity index is 1040. The van der Waals surface area contributed by atoms with Crippen LogP contribution in [0.2, 0.25) is 5.02 Å². The highest BCUT2D eigenvalue weighted by Crippen LogP contribution is 2.33. The highest BCUT2D eigenvalue weighted by Gasteiger charge is 2.21. The topological polar surface area (TPSA) is 45.7 Å². The van der Waals surface area contributed by atoms with Gasteiger partial charge in [0.2, 0.25) is 5.91 Å². The molecule has 3 aromatic rings. The van der Waals surface area contributed by atoms with Crippen LogP contribution in [0.5, 0.6) is 5.75 Å². The average molecular weight is 492 g/mol. The first-order valence-electron chi connectivity index (χ1n) is 10.8. The van der Waals surface area contributed by atoms with Crippen LogP contribution in [0.3, 0.4) is 0 Å². The Balaban J connectivity index is 1.74. The van der Waals surface area contributed by atoms with Crippen molar-refractivity contribution in [2.75, 3.05) is 43.9 Å². The summed E-state index contributed by atoms with van der Waals surface area (Å²) < 4.78 is 6.22. The van der Waals surface area contributed by atoms with Crippen molar-refractivity contribution in [1.29, 1.82) is 0 Å². The lowest BCUT2D eigenvalue weighted by Gasteiger charge is -2.24. The summed E-state index contributed by atoms with van der Waals surface area (Å²) in [6, 6.07) is 11.8. The summed E-state index contributed by atoms with van der Waals surface area (Å²) in [4.78, 5) is 23.4. The van der Waals surface area contributed by atoms with Gasteiger partial charge in [-0.05, 0) is 62.0 Å². The number of nitrogens with zero attached hydrogens (tertiary/aromatic N) is 3. The number of halogens is 1. The van der Waals surface area contributed by atoms with Crippen molar-refractivity contribution >= 4 is 56.0 Å². The maximum absolute atomic E-state index is 13.3. The maximum Gasteiger partial charge on any atom is 0.229 e. The largest absolute Gasteiger partial charge is 0.497 e. The minimum Gasteiger partial charge on any atom is -0.497 e. The van der Waals surface area contributed by atoms with E-state index >= 15 is 0 Å². The van der Waals surface area contributed by atoms with Gasteiger partial charge < -0.3 is 9.64 Å². The van der Waals surface area contributed by atoms with Crippen LogP contribution in [0.15, 0.2) is 41.3 Å². The molecule has 0 aliphatic heterocycles. The number of amides is 1. The smallest absolute Gasteiger partial charge is 0.229 e. The molecular weight excluding hydrogens is 462 g/mol. The molecule has 0 aliphatic rings. The fraction of sp³-hybridized carbons (Fsp3) is 0.417. The molecule has 1 heterocycles. The van der Waals surface area contributed by atoms with E-state index in [4.69, 9.17) is 21.3 Å². The highest BCUT2D eigenvalue weighted by atomic mass is 35.5. The normalized spacial score (nSPS) is 11.3. The van der Waals surface area contributed by atoms with Crippen LogP contribution in [-0.4, -0.2) is 54.8 Å². The molecule has 0 saturated carbocycles. The Kier molecular flexibility index (Phi) is 9.22. The molecule has 5 nitrogen and oxygen atoms in total. The van der Waals surface area contributed by atoms with Gasteiger partial charge in [0.15, 0.2) is 5.13 Å². The Hall–Kier alpha value is -1.80. The van der Waals surface area contributed by atoms with E-state index in [0.29, 0.717) is 23.7 Å². The van der Waals surface area contributed by atoms with Gasteiger partial charge in [0.1, 0.15) is 5.75 Å². The predicted octanol–water partition coefficient (Wildman–Crippen LogP) is 6.12. The Morgan fingerprint density at radius 3 is 2.53 bits per heavy atom. The first-order valence-corrected chi connectivity index (χ1v) is 13.0. The number of hydrogen-bond donors (Lipinski definition) is 0. The zero-order chi connectivity index (χ0) is 23.1. The lowest BCUT2D eigenvalue weighted by atomic mass is 10.2. The summed E-state index contributed by atoms with van der Waals surface area (Å²) in [6.07, 6.45) is 0.449. The predicted molar refractivity (Wildman–Crippen MR) is 138 cm³/mol. The van der Waals surface area contributed by atoms with Crippen LogP contribution < -0.4 is 9.64 Å². The lowest BCUT2D eigenvalue weighted by Crippen LogP contribution is -2.39. The molecule has 8 heteroatoms. The number of carbonyl (C=O) groups excluding carboxylic acids is 1. The van der Waals surface area contributed by atoms with Crippen molar-refractivity contribution in [3.8, 4) is 5.75 Å². The fourth-order valence-electron chi connectivity index (χ4n) is 3.43. The second kappa shape index (κ2) is 11.9. The van der Waals surface area contributed by atoms with Gasteiger partial charge in [-0.2, -0.15) is 0 Å². The molecule has 32 heavy (non-hydrogen) atoms. The number of methoxy groups -OCH3 is 1. The number of thiazole rings is 1. The molecule has 1 amide bonds. The Labute approximate surface area is 203 Å². The average Bonchev–Trinajstić information content (AvgIpc) is 3.21. The van der Waals surface area contributed by atoms with E-state index in [1.165, 1.54) is 11.3 Å². The highest BCUT2D eigenvalue weighted by molar-refractivity contribution is 7.99. The van der Waals surface area contributed by atoms with Gasteiger partial charge in [0.05, 0.1) is 17.3 Å². The van der Waals surface area contributed by atoms with Gasteiger partial charge >= 0.3 is 0 Å². The van der Waals surface area contributed by atoms with Crippen LogP contribution in [0.4, 0.5) is 5.13 Å². The van der Waals surface area contributed by atoms with Gasteiger partial charge in [0.25, 0.3) is 0 Å². The molecule has 0 radical (unpaired) electrons. The van der Waals surface area contributed by atoms with Crippen LogP contribution in [0, 0.1) is 6.92 Å². The van der Waals surface area contributed by atoms with Crippen molar-refractivity contribution in [3.63, 3.8) is 0 Å². The van der Waals surface area contributed by atoms with E-state index in [1.54, 1.807) is 18.9 Å². The summed E-state index contributed by atoms with van der Waals surface area (Å²) >= 11 is 9.45. The minimum atomic E-state index is 0.0981. The molecule has 0 fully saturated rings. The van der Waals surface area contributed by atoms with E-state index in [9.17, 15) is 4.79 Å². The molecule has 0 spiro atoms. The minimum absolute atomic E-state index is 0.0981. The van der Waals surface area contributed by atoms with E-state index < -0.39 is 0 Å². The Morgan fingerprint density at radius 1 is 1.16 bits per heavy atom. The Morgan fingerprint density at radius 2 is 1.88 bits per heavy atom. The zero-order valence-corrected chi connectivity index (χ0v) is 21.4. The molecule has 172 valence electrons. The maximum atomic E-state index is 13.3. The third-order valence-corrected chi connectivity index (χ3v) is 7.61. The van der Waals surface area contributed by atoms with E-state index in [-0.39, 0.29) is 5.91 Å². The van der Waals surface area contributed by atoms with Crippen molar-refractivity contribution in [3.05, 3.63) is 47.0 Å². The summed E-state index contributed by atoms with van der Waals surface area (Å²) in [5, 5.41) is 1.44. The summed E-state index contributed by atoms with van der Waals surface area (Å²) in [5.41, 5.74) is 1.95. The van der Waals surface area contributed by atoms with Crippen molar-refractivity contribution < 1.29 is 9.53 Å². The molecular formula is C24H30ClN3O2S2. The molecule has 0 aliphatic carbocycles. The van der Waals surface area contributed by atoms with Gasteiger partial charge in [-0.3, -0.25) is 9.69 Å². The molecule has 3 rings (SSSR count). The summed E-state index contributed by atoms with van der Waals surface area (Å²) in [5.74, 6) is 1.64. The van der Waals surface area contributed by atoms with E-state index in [1.807, 2.05) is 48.2 Å². The van der Waals surface area contributed by atoms with Crippen molar-refractivity contribution in [2.45, 2.75) is 32.1 Å². The monoisotopic (exact) mass is 491 g/mol. The lowest BCUT2D eigenvalue weighted by molar-refractivity contribution is -0.118. The number of hydrogen-bond acceptors (Lipinski definition) is 6. The number of fused-ring (bicyclic) bond motifs is 1. The van der Waals surface area contributed by atoms with Crippen molar-refractivity contribution in [1.82, 2.24) is 9.88 Å². The molecule has 0 unspecified atom stereocenters. The standard InChI is InChI=1S/C24H30ClN3O2S2/c1-5-27(6-2)12-13-28(24-26-23-17(3)15-18(25)16-21(23)32-24)22(29)11-14-31-20-9-7-19(30-4)8-10-20/h7-10,15-16H,5-6,11-14H2,1-4H3. The van der Waals surface area contributed by atoms with E-state index in [2.05, 4.69) is 18.7 Å². The number of aryl methyl sites for hydroxylation is 1. The molecule has 2 aromatic carbocycles. The molecule has 0 bridgehead atoms. The first-order chi connectivity index (χ1) is 15.4. The summed E-state index contributed by atoms with van der Waals surface area (Å²) in [7, 11) is 1.66. The SMILES string of the molecule is CCN(CC)CCN(C(=O)CCSc1ccc(OC)cc1)c1nc2c(C)cc(Cl)cc2s1.